The van der Waals surface area contributed by atoms with Gasteiger partial charge in [-0.2, -0.15) is 5.10 Å². The average molecular weight is 414 g/mol. The molecule has 1 saturated heterocycles. The minimum Gasteiger partial charge on any atom is -0.393 e. The molecule has 2 fully saturated rings. The fourth-order valence-corrected chi connectivity index (χ4v) is 4.44. The Morgan fingerprint density at radius 1 is 1.31 bits per heavy atom. The summed E-state index contributed by atoms with van der Waals surface area (Å²) in [4.78, 5) is 18.9. The monoisotopic (exact) mass is 413 g/mol. The molecule has 2 aliphatic rings. The SMILES string of the molecule is Cc1onc(-c2ccc(Cl)nc2)c1Cn1ncc(N2CC3(CC(O)C3)C2)cc1=O. The molecule has 4 heterocycles. The van der Waals surface area contributed by atoms with Crippen LogP contribution in [0.15, 0.2) is 39.9 Å². The van der Waals surface area contributed by atoms with E-state index in [4.69, 9.17) is 16.1 Å². The lowest BCUT2D eigenvalue weighted by Gasteiger charge is -2.58. The highest BCUT2D eigenvalue weighted by Crippen LogP contribution is 2.49. The Kier molecular flexibility index (Phi) is 4.22. The van der Waals surface area contributed by atoms with E-state index in [1.54, 1.807) is 31.5 Å². The fourth-order valence-electron chi connectivity index (χ4n) is 4.33. The second-order valence-electron chi connectivity index (χ2n) is 8.06. The van der Waals surface area contributed by atoms with Crippen LogP contribution in [0.3, 0.4) is 0 Å². The molecule has 9 heteroatoms. The summed E-state index contributed by atoms with van der Waals surface area (Å²) in [5, 5.41) is 18.4. The quantitative estimate of drug-likeness (QED) is 0.655. The third-order valence-electron chi connectivity index (χ3n) is 5.90. The lowest BCUT2D eigenvalue weighted by Crippen LogP contribution is -2.64. The van der Waals surface area contributed by atoms with E-state index in [9.17, 15) is 9.90 Å². The number of anilines is 1. The average Bonchev–Trinajstić information content (AvgIpc) is 3.00. The van der Waals surface area contributed by atoms with Crippen molar-refractivity contribution in [1.82, 2.24) is 19.9 Å². The summed E-state index contributed by atoms with van der Waals surface area (Å²) in [6.45, 7) is 3.80. The number of aliphatic hydroxyl groups excluding tert-OH is 1. The Balaban J connectivity index is 1.36. The van der Waals surface area contributed by atoms with E-state index in [1.807, 2.05) is 6.07 Å². The highest BCUT2D eigenvalue weighted by Gasteiger charge is 2.52. The van der Waals surface area contributed by atoms with Gasteiger partial charge in [-0.15, -0.1) is 0 Å². The normalized spacial score (nSPS) is 18.0. The first-order valence-electron chi connectivity index (χ1n) is 9.50. The van der Waals surface area contributed by atoms with Crippen LogP contribution in [0.1, 0.15) is 24.2 Å². The van der Waals surface area contributed by atoms with E-state index >= 15 is 0 Å². The largest absolute Gasteiger partial charge is 0.393 e. The molecule has 3 aromatic heterocycles. The molecule has 150 valence electrons. The lowest BCUT2D eigenvalue weighted by atomic mass is 9.62. The molecule has 1 spiro atoms. The van der Waals surface area contributed by atoms with Gasteiger partial charge in [0.05, 0.1) is 24.5 Å². The zero-order valence-corrected chi connectivity index (χ0v) is 16.6. The van der Waals surface area contributed by atoms with Crippen molar-refractivity contribution in [3.8, 4) is 11.3 Å². The van der Waals surface area contributed by atoms with Gasteiger partial charge in [-0.1, -0.05) is 16.8 Å². The van der Waals surface area contributed by atoms with Crippen molar-refractivity contribution in [2.45, 2.75) is 32.4 Å². The maximum Gasteiger partial charge on any atom is 0.269 e. The van der Waals surface area contributed by atoms with Crippen molar-refractivity contribution in [2.75, 3.05) is 18.0 Å². The minimum absolute atomic E-state index is 0.167. The minimum atomic E-state index is -0.183. The summed E-state index contributed by atoms with van der Waals surface area (Å²) in [5.41, 5.74) is 3.04. The third kappa shape index (κ3) is 3.22. The van der Waals surface area contributed by atoms with Crippen LogP contribution in [0, 0.1) is 12.3 Å². The maximum absolute atomic E-state index is 12.7. The zero-order chi connectivity index (χ0) is 20.2. The molecule has 0 bridgehead atoms. The van der Waals surface area contributed by atoms with Crippen LogP contribution in [-0.4, -0.2) is 44.2 Å². The Bertz CT molecular complexity index is 1110. The number of nitrogens with zero attached hydrogens (tertiary/aromatic N) is 5. The summed E-state index contributed by atoms with van der Waals surface area (Å²) in [7, 11) is 0. The number of aryl methyl sites for hydroxylation is 1. The summed E-state index contributed by atoms with van der Waals surface area (Å²) in [6, 6.07) is 5.11. The summed E-state index contributed by atoms with van der Waals surface area (Å²) in [5.74, 6) is 0.626. The van der Waals surface area contributed by atoms with Crippen molar-refractivity contribution in [3.63, 3.8) is 0 Å². The predicted molar refractivity (Wildman–Crippen MR) is 107 cm³/mol. The fraction of sp³-hybridized carbons (Fsp3) is 0.400. The number of aliphatic hydroxyl groups is 1. The van der Waals surface area contributed by atoms with Crippen molar-refractivity contribution < 1.29 is 9.63 Å². The smallest absolute Gasteiger partial charge is 0.269 e. The Hall–Kier alpha value is -2.71. The first-order chi connectivity index (χ1) is 13.9. The van der Waals surface area contributed by atoms with Gasteiger partial charge in [0.25, 0.3) is 5.56 Å². The predicted octanol–water partition coefficient (Wildman–Crippen LogP) is 2.26. The first-order valence-corrected chi connectivity index (χ1v) is 9.88. The van der Waals surface area contributed by atoms with Crippen molar-refractivity contribution in [3.05, 3.63) is 57.4 Å². The molecule has 5 rings (SSSR count). The van der Waals surface area contributed by atoms with E-state index in [0.29, 0.717) is 16.6 Å². The molecule has 0 aromatic carbocycles. The van der Waals surface area contributed by atoms with Gasteiger partial charge in [0, 0.05) is 41.9 Å². The maximum atomic E-state index is 12.7. The van der Waals surface area contributed by atoms with Gasteiger partial charge in [-0.3, -0.25) is 4.79 Å². The van der Waals surface area contributed by atoms with Crippen molar-refractivity contribution in [1.29, 1.82) is 0 Å². The second-order valence-corrected chi connectivity index (χ2v) is 8.45. The molecular weight excluding hydrogens is 394 g/mol. The van der Waals surface area contributed by atoms with Crippen LogP contribution in [0.4, 0.5) is 5.69 Å². The molecule has 29 heavy (non-hydrogen) atoms. The Morgan fingerprint density at radius 3 is 2.76 bits per heavy atom. The molecule has 0 unspecified atom stereocenters. The highest BCUT2D eigenvalue weighted by atomic mass is 35.5. The molecule has 0 radical (unpaired) electrons. The molecule has 8 nitrogen and oxygen atoms in total. The Labute approximate surface area is 171 Å². The van der Waals surface area contributed by atoms with E-state index in [0.717, 1.165) is 42.7 Å². The van der Waals surface area contributed by atoms with E-state index in [1.165, 1.54) is 4.68 Å². The van der Waals surface area contributed by atoms with Gasteiger partial charge in [0.2, 0.25) is 0 Å². The second kappa shape index (κ2) is 6.67. The standard InChI is InChI=1S/C20H20ClN5O3/c1-12-16(19(24-29-12)13-2-3-17(21)22-7-13)9-26-18(28)4-14(8-23-26)25-10-20(11-25)5-15(27)6-20/h2-4,7-8,15,27H,5-6,9-11H2,1H3. The number of rotatable bonds is 4. The van der Waals surface area contributed by atoms with Crippen molar-refractivity contribution >= 4 is 17.3 Å². The molecule has 0 atom stereocenters. The van der Waals surface area contributed by atoms with Crippen LogP contribution in [-0.2, 0) is 6.54 Å². The lowest BCUT2D eigenvalue weighted by molar-refractivity contribution is -0.0492. The van der Waals surface area contributed by atoms with E-state index in [2.05, 4.69) is 20.1 Å². The molecule has 0 amide bonds. The topological polar surface area (TPSA) is 97.3 Å². The number of aromatic nitrogens is 4. The van der Waals surface area contributed by atoms with Crippen LogP contribution < -0.4 is 10.5 Å². The van der Waals surface area contributed by atoms with Crippen LogP contribution in [0.2, 0.25) is 5.15 Å². The molecule has 1 aliphatic heterocycles. The zero-order valence-electron chi connectivity index (χ0n) is 15.9. The molecule has 3 aromatic rings. The number of hydrogen-bond acceptors (Lipinski definition) is 7. The summed E-state index contributed by atoms with van der Waals surface area (Å²) >= 11 is 5.86. The molecular formula is C20H20ClN5O3. The molecule has 1 saturated carbocycles. The van der Waals surface area contributed by atoms with Crippen LogP contribution >= 0.6 is 11.6 Å². The van der Waals surface area contributed by atoms with Crippen LogP contribution in [0.25, 0.3) is 11.3 Å². The molecule has 1 N–H and O–H groups in total. The first kappa shape index (κ1) is 18.3. The summed E-state index contributed by atoms with van der Waals surface area (Å²) < 4.78 is 6.75. The van der Waals surface area contributed by atoms with Crippen LogP contribution in [0.5, 0.6) is 0 Å². The van der Waals surface area contributed by atoms with Gasteiger partial charge in [-0.05, 0) is 31.9 Å². The third-order valence-corrected chi connectivity index (χ3v) is 6.13. The Morgan fingerprint density at radius 2 is 2.10 bits per heavy atom. The number of halogens is 1. The van der Waals surface area contributed by atoms with Gasteiger partial charge in [-0.25, -0.2) is 9.67 Å². The van der Waals surface area contributed by atoms with Gasteiger partial charge in [0.15, 0.2) is 0 Å². The molecule has 1 aliphatic carbocycles. The van der Waals surface area contributed by atoms with Gasteiger partial charge >= 0.3 is 0 Å². The van der Waals surface area contributed by atoms with E-state index in [-0.39, 0.29) is 23.6 Å². The van der Waals surface area contributed by atoms with Crippen molar-refractivity contribution in [2.24, 2.45) is 5.41 Å². The number of pyridine rings is 1. The number of hydrogen-bond donors (Lipinski definition) is 1. The van der Waals surface area contributed by atoms with Gasteiger partial charge < -0.3 is 14.5 Å². The summed E-state index contributed by atoms with van der Waals surface area (Å²) in [6.07, 6.45) is 4.88. The highest BCUT2D eigenvalue weighted by molar-refractivity contribution is 6.29. The van der Waals surface area contributed by atoms with Gasteiger partial charge in [0.1, 0.15) is 16.6 Å². The van der Waals surface area contributed by atoms with E-state index < -0.39 is 0 Å².